The Morgan fingerprint density at radius 3 is 2.42 bits per heavy atom. The number of fused-ring (bicyclic) bond motifs is 1. The van der Waals surface area contributed by atoms with Gasteiger partial charge in [0.25, 0.3) is 5.84 Å². The number of amidine groups is 1. The quantitative estimate of drug-likeness (QED) is 0.0912. The van der Waals surface area contributed by atoms with Crippen LogP contribution in [0, 0.1) is 17.3 Å². The Labute approximate surface area is 267 Å². The molecule has 45 heavy (non-hydrogen) atoms. The lowest BCUT2D eigenvalue weighted by Gasteiger charge is -2.13. The first kappa shape index (κ1) is 31.4. The molecule has 6 heteroatoms. The molecular weight excluding hydrogens is 554 g/mol. The molecule has 1 aromatic heterocycles. The first-order valence-corrected chi connectivity index (χ1v) is 16.0. The van der Waals surface area contributed by atoms with Crippen molar-refractivity contribution in [1.82, 2.24) is 9.88 Å². The highest BCUT2D eigenvalue weighted by Crippen LogP contribution is 2.44. The molecule has 1 amide bonds. The molecule has 228 valence electrons. The third-order valence-corrected chi connectivity index (χ3v) is 8.00. The molecule has 0 aliphatic carbocycles. The van der Waals surface area contributed by atoms with Gasteiger partial charge in [0.2, 0.25) is 18.1 Å². The summed E-state index contributed by atoms with van der Waals surface area (Å²) in [4.78, 5) is 16.8. The minimum absolute atomic E-state index is 0.162. The lowest BCUT2D eigenvalue weighted by molar-refractivity contribution is -0.246. The van der Waals surface area contributed by atoms with Crippen LogP contribution in [0.5, 0.6) is 0 Å². The number of nitrogens with zero attached hydrogens (tertiary/aromatic N) is 3. The van der Waals surface area contributed by atoms with Gasteiger partial charge < -0.3 is 9.88 Å². The number of carbonyl (C=O) groups excluding carboxylic acids is 1. The van der Waals surface area contributed by atoms with Crippen molar-refractivity contribution in [2.75, 3.05) is 6.54 Å². The van der Waals surface area contributed by atoms with Gasteiger partial charge in [-0.25, -0.2) is 4.58 Å². The number of rotatable bonds is 13. The van der Waals surface area contributed by atoms with Gasteiger partial charge in [0.05, 0.1) is 12.2 Å². The summed E-state index contributed by atoms with van der Waals surface area (Å²) in [6, 6.07) is 28.9. The fraction of sp³-hybridized carbons (Fsp3) is 0.282. The Balaban J connectivity index is 1.33. The fourth-order valence-corrected chi connectivity index (χ4v) is 5.69. The predicted molar refractivity (Wildman–Crippen MR) is 186 cm³/mol. The molecule has 0 fully saturated rings. The van der Waals surface area contributed by atoms with E-state index in [4.69, 9.17) is 10.4 Å². The number of aliphatic imine (C=N–C) groups is 1. The topological polar surface area (TPSA) is 73.2 Å². The molecule has 0 saturated heterocycles. The number of nitrogens with one attached hydrogen (secondary N) is 2. The predicted octanol–water partition coefficient (Wildman–Crippen LogP) is 8.19. The number of benzene rings is 3. The summed E-state index contributed by atoms with van der Waals surface area (Å²) in [6.45, 7) is 7.48. The fourth-order valence-electron chi connectivity index (χ4n) is 5.69. The highest BCUT2D eigenvalue weighted by molar-refractivity contribution is 6.10. The summed E-state index contributed by atoms with van der Waals surface area (Å²) in [7, 11) is 0. The van der Waals surface area contributed by atoms with Crippen LogP contribution in [0.25, 0.3) is 22.4 Å². The normalized spacial score (nSPS) is 12.0. The average Bonchev–Trinajstić information content (AvgIpc) is 3.39. The zero-order valence-electron chi connectivity index (χ0n) is 26.2. The largest absolute Gasteiger partial charge is 0.356 e. The summed E-state index contributed by atoms with van der Waals surface area (Å²) in [6.07, 6.45) is 9.41. The van der Waals surface area contributed by atoms with E-state index in [1.165, 1.54) is 17.4 Å². The lowest BCUT2D eigenvalue weighted by Crippen LogP contribution is -2.23. The van der Waals surface area contributed by atoms with Gasteiger partial charge in [0.1, 0.15) is 5.56 Å². The van der Waals surface area contributed by atoms with Gasteiger partial charge in [0.15, 0.2) is 0 Å². The lowest BCUT2D eigenvalue weighted by atomic mass is 9.96. The molecule has 0 atom stereocenters. The maximum atomic E-state index is 12.0. The van der Waals surface area contributed by atoms with Crippen LogP contribution in [-0.2, 0) is 11.3 Å². The zero-order chi connectivity index (χ0) is 31.4. The van der Waals surface area contributed by atoms with Gasteiger partial charge in [-0.2, -0.15) is 5.41 Å². The van der Waals surface area contributed by atoms with Crippen molar-refractivity contribution in [3.63, 3.8) is 0 Å². The van der Waals surface area contributed by atoms with E-state index in [1.54, 1.807) is 6.34 Å². The van der Waals surface area contributed by atoms with Gasteiger partial charge in [0, 0.05) is 37.2 Å². The minimum Gasteiger partial charge on any atom is -0.356 e. The van der Waals surface area contributed by atoms with E-state index >= 15 is 0 Å². The zero-order valence-corrected chi connectivity index (χ0v) is 26.2. The molecule has 0 unspecified atom stereocenters. The van der Waals surface area contributed by atoms with Crippen molar-refractivity contribution in [3.8, 4) is 34.2 Å². The first-order chi connectivity index (χ1) is 22.1. The number of carbonyl (C=O) groups is 1. The van der Waals surface area contributed by atoms with Crippen LogP contribution in [0.15, 0.2) is 89.9 Å². The molecule has 2 heterocycles. The highest BCUT2D eigenvalue weighted by atomic mass is 16.1. The summed E-state index contributed by atoms with van der Waals surface area (Å²) in [5.41, 5.74) is 6.96. The summed E-state index contributed by atoms with van der Waals surface area (Å²) >= 11 is 0. The molecule has 0 saturated carbocycles. The van der Waals surface area contributed by atoms with Crippen LogP contribution >= 0.6 is 0 Å². The second-order valence-electron chi connectivity index (χ2n) is 11.4. The van der Waals surface area contributed by atoms with Gasteiger partial charge in [-0.1, -0.05) is 116 Å². The Morgan fingerprint density at radius 1 is 0.911 bits per heavy atom. The third-order valence-electron chi connectivity index (χ3n) is 8.00. The monoisotopic (exact) mass is 596 g/mol. The van der Waals surface area contributed by atoms with Crippen molar-refractivity contribution in [3.05, 3.63) is 102 Å². The number of hydrogen-bond acceptors (Lipinski definition) is 3. The highest BCUT2D eigenvalue weighted by Gasteiger charge is 2.34. The van der Waals surface area contributed by atoms with E-state index in [-0.39, 0.29) is 5.91 Å². The van der Waals surface area contributed by atoms with E-state index in [2.05, 4.69) is 77.8 Å². The van der Waals surface area contributed by atoms with E-state index in [0.717, 1.165) is 77.0 Å². The Kier molecular flexibility index (Phi) is 10.9. The molecular formula is C39H42N5O+. The Hall–Kier alpha value is -5.02. The second-order valence-corrected chi connectivity index (χ2v) is 11.4. The minimum atomic E-state index is 0.162. The maximum Gasteiger partial charge on any atom is 0.271 e. The van der Waals surface area contributed by atoms with Gasteiger partial charge in [-0.3, -0.25) is 4.79 Å². The third kappa shape index (κ3) is 7.93. The first-order valence-electron chi connectivity index (χ1n) is 16.0. The molecule has 1 aliphatic heterocycles. The van der Waals surface area contributed by atoms with E-state index in [0.29, 0.717) is 25.3 Å². The smallest absolute Gasteiger partial charge is 0.271 e. The standard InChI is InChI=1S/C39H41N5O/c1-3-4-5-15-25-34(45)41-26-16-7-6-10-18-30-19-17-20-31(27-30)28-44-37(33-23-13-9-14-24-33)35(32-21-11-8-12-22-32)36-38(40)43(2)29-42-39(36)44/h8-9,11-14,17,19-24,27,29,40H,2-7,15-16,25-26,28H2,1H3/p+1. The van der Waals surface area contributed by atoms with Crippen LogP contribution in [0.3, 0.4) is 0 Å². The van der Waals surface area contributed by atoms with Gasteiger partial charge in [-0.05, 0) is 48.1 Å². The van der Waals surface area contributed by atoms with Crippen molar-refractivity contribution >= 4 is 30.6 Å². The van der Waals surface area contributed by atoms with Crippen molar-refractivity contribution in [2.45, 2.75) is 64.8 Å². The molecule has 1 aliphatic rings. The molecule has 6 nitrogen and oxygen atoms in total. The van der Waals surface area contributed by atoms with Gasteiger partial charge >= 0.3 is 0 Å². The number of aromatic nitrogens is 1. The maximum absolute atomic E-state index is 12.0. The summed E-state index contributed by atoms with van der Waals surface area (Å²) in [5, 5.41) is 12.0. The number of unbranched alkanes of at least 4 members (excludes halogenated alkanes) is 5. The summed E-state index contributed by atoms with van der Waals surface area (Å²) < 4.78 is 3.74. The number of hydrogen-bond donors (Lipinski definition) is 2. The molecule has 2 N–H and O–H groups in total. The van der Waals surface area contributed by atoms with Gasteiger partial charge in [-0.15, -0.1) is 0 Å². The average molecular weight is 597 g/mol. The summed E-state index contributed by atoms with van der Waals surface area (Å²) in [5.74, 6) is 7.89. The Bertz CT molecular complexity index is 1740. The SMILES string of the molecule is C=[N+]1C=Nc2c(c(-c3ccccc3)c(-c3ccccc3)n2Cc2cccc(C#CCCCCNC(=O)CCCCCC)c2)C1=N. The second kappa shape index (κ2) is 15.6. The molecule has 0 bridgehead atoms. The van der Waals surface area contributed by atoms with Crippen LogP contribution in [0.2, 0.25) is 0 Å². The van der Waals surface area contributed by atoms with E-state index < -0.39 is 0 Å². The van der Waals surface area contributed by atoms with Crippen molar-refractivity contribution in [2.24, 2.45) is 4.99 Å². The molecule has 5 rings (SSSR count). The van der Waals surface area contributed by atoms with Crippen LogP contribution < -0.4 is 5.32 Å². The molecule has 4 aromatic rings. The molecule has 0 spiro atoms. The van der Waals surface area contributed by atoms with Crippen LogP contribution in [0.4, 0.5) is 5.82 Å². The van der Waals surface area contributed by atoms with Crippen molar-refractivity contribution in [1.29, 1.82) is 5.41 Å². The molecule has 0 radical (unpaired) electrons. The van der Waals surface area contributed by atoms with Crippen LogP contribution in [0.1, 0.15) is 75.0 Å². The van der Waals surface area contributed by atoms with Crippen LogP contribution in [-0.4, -0.2) is 40.5 Å². The van der Waals surface area contributed by atoms with E-state index in [1.807, 2.05) is 42.5 Å². The van der Waals surface area contributed by atoms with E-state index in [9.17, 15) is 4.79 Å². The molecule has 3 aromatic carbocycles. The van der Waals surface area contributed by atoms with Crippen molar-refractivity contribution < 1.29 is 9.37 Å². The number of amides is 1. The Morgan fingerprint density at radius 2 is 1.67 bits per heavy atom.